The van der Waals surface area contributed by atoms with Gasteiger partial charge in [0.2, 0.25) is 0 Å². The van der Waals surface area contributed by atoms with Gasteiger partial charge in [0.15, 0.2) is 0 Å². The van der Waals surface area contributed by atoms with E-state index < -0.39 is 0 Å². The number of pyridine rings is 1. The summed E-state index contributed by atoms with van der Waals surface area (Å²) in [7, 11) is 0. The molecule has 0 saturated heterocycles. The molecule has 2 rings (SSSR count). The second-order valence-corrected chi connectivity index (χ2v) is 3.83. The van der Waals surface area contributed by atoms with E-state index in [2.05, 4.69) is 4.98 Å². The molecule has 1 aromatic heterocycles. The average molecular weight is 219 g/mol. The quantitative estimate of drug-likeness (QED) is 0.798. The summed E-state index contributed by atoms with van der Waals surface area (Å²) in [6.45, 7) is 2.03. The van der Waals surface area contributed by atoms with Crippen LogP contribution >= 0.6 is 11.6 Å². The van der Waals surface area contributed by atoms with Gasteiger partial charge in [0, 0.05) is 11.8 Å². The van der Waals surface area contributed by atoms with Crippen LogP contribution in [-0.4, -0.2) is 4.98 Å². The predicted octanol–water partition coefficient (Wildman–Crippen LogP) is 3.29. The van der Waals surface area contributed by atoms with Gasteiger partial charge in [-0.1, -0.05) is 41.4 Å². The zero-order valence-electron chi connectivity index (χ0n) is 8.37. The first-order chi connectivity index (χ1) is 7.18. The molecule has 0 atom stereocenters. The van der Waals surface area contributed by atoms with E-state index in [4.69, 9.17) is 17.3 Å². The molecule has 0 fully saturated rings. The number of aryl methyl sites for hydroxylation is 1. The standard InChI is InChI=1S/C12H11ClN2/c1-8-3-2-4-9(7-8)11-10(13)5-6-15-12(11)14/h2-7H,1H3,(H2,14,15). The summed E-state index contributed by atoms with van der Waals surface area (Å²) in [4.78, 5) is 4.04. The molecule has 76 valence electrons. The van der Waals surface area contributed by atoms with Crippen molar-refractivity contribution in [3.8, 4) is 11.1 Å². The number of halogens is 1. The van der Waals surface area contributed by atoms with Crippen LogP contribution in [0.2, 0.25) is 5.02 Å². The highest BCUT2D eigenvalue weighted by Gasteiger charge is 2.07. The first kappa shape index (κ1) is 9.99. The normalized spacial score (nSPS) is 10.3. The lowest BCUT2D eigenvalue weighted by Crippen LogP contribution is -1.94. The number of nitrogen functional groups attached to an aromatic ring is 1. The predicted molar refractivity (Wildman–Crippen MR) is 63.8 cm³/mol. The zero-order chi connectivity index (χ0) is 10.8. The minimum Gasteiger partial charge on any atom is -0.383 e. The molecule has 0 aliphatic rings. The van der Waals surface area contributed by atoms with Gasteiger partial charge in [-0.05, 0) is 18.6 Å². The van der Waals surface area contributed by atoms with Gasteiger partial charge in [-0.15, -0.1) is 0 Å². The van der Waals surface area contributed by atoms with Crippen molar-refractivity contribution in [2.75, 3.05) is 5.73 Å². The Balaban J connectivity index is 2.63. The lowest BCUT2D eigenvalue weighted by atomic mass is 10.0. The van der Waals surface area contributed by atoms with Crippen molar-refractivity contribution < 1.29 is 0 Å². The van der Waals surface area contributed by atoms with Crippen molar-refractivity contribution in [1.29, 1.82) is 0 Å². The zero-order valence-corrected chi connectivity index (χ0v) is 9.12. The van der Waals surface area contributed by atoms with Gasteiger partial charge < -0.3 is 5.73 Å². The van der Waals surface area contributed by atoms with E-state index in [0.717, 1.165) is 11.1 Å². The summed E-state index contributed by atoms with van der Waals surface area (Å²) >= 11 is 6.10. The molecule has 15 heavy (non-hydrogen) atoms. The van der Waals surface area contributed by atoms with E-state index in [0.29, 0.717) is 10.8 Å². The maximum atomic E-state index is 6.10. The van der Waals surface area contributed by atoms with Crippen LogP contribution in [0.15, 0.2) is 36.5 Å². The fourth-order valence-electron chi connectivity index (χ4n) is 1.54. The fourth-order valence-corrected chi connectivity index (χ4v) is 1.80. The van der Waals surface area contributed by atoms with Crippen molar-refractivity contribution in [1.82, 2.24) is 4.98 Å². The third-order valence-corrected chi connectivity index (χ3v) is 2.55. The van der Waals surface area contributed by atoms with Crippen molar-refractivity contribution in [3.05, 3.63) is 47.1 Å². The largest absolute Gasteiger partial charge is 0.383 e. The second kappa shape index (κ2) is 3.91. The van der Waals surface area contributed by atoms with Crippen LogP contribution in [0.1, 0.15) is 5.56 Å². The molecule has 2 aromatic rings. The van der Waals surface area contributed by atoms with Gasteiger partial charge in [0.25, 0.3) is 0 Å². The Kier molecular flexibility index (Phi) is 2.60. The van der Waals surface area contributed by atoms with Crippen molar-refractivity contribution in [2.45, 2.75) is 6.92 Å². The summed E-state index contributed by atoms with van der Waals surface area (Å²) in [5, 5.41) is 0.633. The molecule has 0 bridgehead atoms. The molecule has 0 radical (unpaired) electrons. The number of hydrogen-bond acceptors (Lipinski definition) is 2. The van der Waals surface area contributed by atoms with Crippen LogP contribution in [0, 0.1) is 6.92 Å². The van der Waals surface area contributed by atoms with Gasteiger partial charge >= 0.3 is 0 Å². The molecule has 3 heteroatoms. The van der Waals surface area contributed by atoms with Crippen molar-refractivity contribution in [3.63, 3.8) is 0 Å². The van der Waals surface area contributed by atoms with Crippen LogP contribution in [0.25, 0.3) is 11.1 Å². The van der Waals surface area contributed by atoms with Gasteiger partial charge in [-0.2, -0.15) is 0 Å². The van der Waals surface area contributed by atoms with Gasteiger partial charge in [-0.3, -0.25) is 0 Å². The van der Waals surface area contributed by atoms with E-state index in [-0.39, 0.29) is 0 Å². The van der Waals surface area contributed by atoms with E-state index >= 15 is 0 Å². The maximum absolute atomic E-state index is 6.10. The Hall–Kier alpha value is -1.54. The topological polar surface area (TPSA) is 38.9 Å². The number of aromatic nitrogens is 1. The van der Waals surface area contributed by atoms with Crippen molar-refractivity contribution in [2.24, 2.45) is 0 Å². The molecule has 0 aliphatic carbocycles. The van der Waals surface area contributed by atoms with E-state index in [9.17, 15) is 0 Å². The molecule has 1 heterocycles. The maximum Gasteiger partial charge on any atom is 0.132 e. The number of rotatable bonds is 1. The first-order valence-electron chi connectivity index (χ1n) is 4.65. The monoisotopic (exact) mass is 218 g/mol. The molecule has 0 saturated carbocycles. The minimum absolute atomic E-state index is 0.466. The Bertz CT molecular complexity index is 474. The molecular weight excluding hydrogens is 208 g/mol. The van der Waals surface area contributed by atoms with E-state index in [1.807, 2.05) is 31.2 Å². The number of nitrogens with zero attached hydrogens (tertiary/aromatic N) is 1. The molecule has 0 aliphatic heterocycles. The lowest BCUT2D eigenvalue weighted by molar-refractivity contribution is 1.33. The third kappa shape index (κ3) is 1.95. The Morgan fingerprint density at radius 2 is 2.07 bits per heavy atom. The number of nitrogens with two attached hydrogens (primary N) is 1. The number of anilines is 1. The SMILES string of the molecule is Cc1cccc(-c2c(Cl)ccnc2N)c1. The van der Waals surface area contributed by atoms with E-state index in [1.165, 1.54) is 5.56 Å². The summed E-state index contributed by atoms with van der Waals surface area (Å²) in [6, 6.07) is 9.78. The lowest BCUT2D eigenvalue weighted by Gasteiger charge is -2.07. The molecule has 2 nitrogen and oxygen atoms in total. The van der Waals surface area contributed by atoms with Gasteiger partial charge in [0.05, 0.1) is 5.02 Å². The molecule has 0 spiro atoms. The van der Waals surface area contributed by atoms with Gasteiger partial charge in [-0.25, -0.2) is 4.98 Å². The molecule has 1 aromatic carbocycles. The minimum atomic E-state index is 0.466. The van der Waals surface area contributed by atoms with Crippen LogP contribution in [0.4, 0.5) is 5.82 Å². The highest BCUT2D eigenvalue weighted by atomic mass is 35.5. The summed E-state index contributed by atoms with van der Waals surface area (Å²) in [5.74, 6) is 0.466. The Morgan fingerprint density at radius 3 is 2.73 bits per heavy atom. The summed E-state index contributed by atoms with van der Waals surface area (Å²) in [6.07, 6.45) is 1.61. The highest BCUT2D eigenvalue weighted by Crippen LogP contribution is 2.31. The van der Waals surface area contributed by atoms with Crippen molar-refractivity contribution >= 4 is 17.4 Å². The summed E-state index contributed by atoms with van der Waals surface area (Å²) < 4.78 is 0. The van der Waals surface area contributed by atoms with Crippen LogP contribution < -0.4 is 5.73 Å². The highest BCUT2D eigenvalue weighted by molar-refractivity contribution is 6.33. The molecule has 0 amide bonds. The fraction of sp³-hybridized carbons (Fsp3) is 0.0833. The second-order valence-electron chi connectivity index (χ2n) is 3.42. The van der Waals surface area contributed by atoms with Crippen LogP contribution in [-0.2, 0) is 0 Å². The van der Waals surface area contributed by atoms with E-state index in [1.54, 1.807) is 12.3 Å². The third-order valence-electron chi connectivity index (χ3n) is 2.24. The average Bonchev–Trinajstić information content (AvgIpc) is 2.17. The molecular formula is C12H11ClN2. The number of benzene rings is 1. The molecule has 0 unspecified atom stereocenters. The molecule has 2 N–H and O–H groups in total. The Morgan fingerprint density at radius 1 is 1.27 bits per heavy atom. The smallest absolute Gasteiger partial charge is 0.132 e. The Labute approximate surface area is 93.7 Å². The number of hydrogen-bond donors (Lipinski definition) is 1. The van der Waals surface area contributed by atoms with Crippen LogP contribution in [0.5, 0.6) is 0 Å². The first-order valence-corrected chi connectivity index (χ1v) is 5.03. The van der Waals surface area contributed by atoms with Crippen LogP contribution in [0.3, 0.4) is 0 Å². The summed E-state index contributed by atoms with van der Waals surface area (Å²) in [5.41, 5.74) is 8.79. The van der Waals surface area contributed by atoms with Gasteiger partial charge in [0.1, 0.15) is 5.82 Å².